The molecule has 0 aromatic heterocycles. The Balaban J connectivity index is 2.00. The average Bonchev–Trinajstić information content (AvgIpc) is 2.90. The number of ether oxygens (including phenoxy) is 2. The lowest BCUT2D eigenvalue weighted by atomic mass is 9.75. The van der Waals surface area contributed by atoms with Gasteiger partial charge in [-0.2, -0.15) is 0 Å². The van der Waals surface area contributed by atoms with E-state index in [4.69, 9.17) is 15.2 Å². The summed E-state index contributed by atoms with van der Waals surface area (Å²) in [5.41, 5.74) is 6.36. The zero-order chi connectivity index (χ0) is 27.3. The number of rotatable bonds is 15. The SMILES string of the molecule is CCC(CC)(COC(=O)COC)C(=O)C(=O)CC1CCCC(N)C(=O)N(CCCCc2ccccc2)C1. The summed E-state index contributed by atoms with van der Waals surface area (Å²) in [7, 11) is 1.39. The number of likely N-dealkylation sites (tertiary alicyclic amines) is 1. The van der Waals surface area contributed by atoms with Gasteiger partial charge < -0.3 is 20.1 Å². The van der Waals surface area contributed by atoms with Gasteiger partial charge in [0, 0.05) is 26.6 Å². The number of ketones is 2. The lowest BCUT2D eigenvalue weighted by Crippen LogP contribution is -2.48. The molecule has 8 heteroatoms. The second-order valence-corrected chi connectivity index (χ2v) is 10.2. The van der Waals surface area contributed by atoms with Crippen molar-refractivity contribution in [1.82, 2.24) is 4.90 Å². The molecule has 0 spiro atoms. The van der Waals surface area contributed by atoms with Crippen molar-refractivity contribution in [1.29, 1.82) is 0 Å². The van der Waals surface area contributed by atoms with Gasteiger partial charge in [0.1, 0.15) is 13.2 Å². The number of hydrogen-bond acceptors (Lipinski definition) is 7. The number of methoxy groups -OCH3 is 1. The number of Topliss-reactive ketones (excluding diaryl/α,β-unsaturated/α-hetero) is 2. The number of nitrogens with zero attached hydrogens (tertiary/aromatic N) is 1. The highest BCUT2D eigenvalue weighted by atomic mass is 16.6. The zero-order valence-corrected chi connectivity index (χ0v) is 22.7. The van der Waals surface area contributed by atoms with Gasteiger partial charge in [-0.1, -0.05) is 50.6 Å². The summed E-state index contributed by atoms with van der Waals surface area (Å²) < 4.78 is 10.0. The summed E-state index contributed by atoms with van der Waals surface area (Å²) in [5.74, 6) is -1.71. The average molecular weight is 517 g/mol. The largest absolute Gasteiger partial charge is 0.463 e. The van der Waals surface area contributed by atoms with Crippen LogP contribution in [0.15, 0.2) is 30.3 Å². The first-order valence-electron chi connectivity index (χ1n) is 13.6. The topological polar surface area (TPSA) is 116 Å². The second-order valence-electron chi connectivity index (χ2n) is 10.2. The summed E-state index contributed by atoms with van der Waals surface area (Å²) in [4.78, 5) is 53.0. The molecule has 8 nitrogen and oxygen atoms in total. The van der Waals surface area contributed by atoms with E-state index in [1.54, 1.807) is 4.90 Å². The standard InChI is InChI=1S/C29H44N2O6/c1-4-29(5-2,21-37-26(33)20-36-3)27(34)25(32)18-23-15-11-16-24(30)28(35)31(19-23)17-10-9-14-22-12-7-6-8-13-22/h6-8,12-13,23-24H,4-5,9-11,14-21,30H2,1-3H3. The van der Waals surface area contributed by atoms with Gasteiger partial charge in [0.05, 0.1) is 11.5 Å². The van der Waals surface area contributed by atoms with Crippen LogP contribution in [0.4, 0.5) is 0 Å². The molecule has 1 heterocycles. The third kappa shape index (κ3) is 9.34. The first-order chi connectivity index (χ1) is 17.8. The molecule has 2 N–H and O–H groups in total. The smallest absolute Gasteiger partial charge is 0.332 e. The van der Waals surface area contributed by atoms with E-state index >= 15 is 0 Å². The molecule has 37 heavy (non-hydrogen) atoms. The van der Waals surface area contributed by atoms with Crippen LogP contribution in [0.25, 0.3) is 0 Å². The zero-order valence-electron chi connectivity index (χ0n) is 22.7. The van der Waals surface area contributed by atoms with E-state index in [1.807, 2.05) is 32.0 Å². The fraction of sp³-hybridized carbons (Fsp3) is 0.655. The fourth-order valence-corrected chi connectivity index (χ4v) is 4.99. The van der Waals surface area contributed by atoms with Crippen LogP contribution in [-0.2, 0) is 35.1 Å². The third-order valence-electron chi connectivity index (χ3n) is 7.56. The number of nitrogens with two attached hydrogens (primary N) is 1. The first kappa shape index (κ1) is 30.6. The number of amides is 1. The number of aryl methyl sites for hydroxylation is 1. The molecule has 1 aromatic rings. The van der Waals surface area contributed by atoms with Gasteiger partial charge in [0.25, 0.3) is 0 Å². The van der Waals surface area contributed by atoms with E-state index in [1.165, 1.54) is 12.7 Å². The van der Waals surface area contributed by atoms with Crippen molar-refractivity contribution in [3.05, 3.63) is 35.9 Å². The van der Waals surface area contributed by atoms with Crippen LogP contribution in [0.2, 0.25) is 0 Å². The van der Waals surface area contributed by atoms with Crippen LogP contribution in [0, 0.1) is 11.3 Å². The highest BCUT2D eigenvalue weighted by Gasteiger charge is 2.41. The van der Waals surface area contributed by atoms with Crippen LogP contribution >= 0.6 is 0 Å². The Morgan fingerprint density at radius 3 is 2.43 bits per heavy atom. The Morgan fingerprint density at radius 1 is 1.08 bits per heavy atom. The highest BCUT2D eigenvalue weighted by Crippen LogP contribution is 2.31. The Kier molecular flexibility index (Phi) is 12.9. The molecule has 1 aliphatic rings. The van der Waals surface area contributed by atoms with Gasteiger partial charge >= 0.3 is 5.97 Å². The minimum Gasteiger partial charge on any atom is -0.463 e. The van der Waals surface area contributed by atoms with Crippen molar-refractivity contribution < 1.29 is 28.7 Å². The van der Waals surface area contributed by atoms with Gasteiger partial charge in [-0.15, -0.1) is 0 Å². The van der Waals surface area contributed by atoms with Gasteiger partial charge in [-0.05, 0) is 56.4 Å². The van der Waals surface area contributed by atoms with Crippen molar-refractivity contribution in [3.8, 4) is 0 Å². The van der Waals surface area contributed by atoms with Crippen molar-refractivity contribution in [2.75, 3.05) is 33.4 Å². The minimum absolute atomic E-state index is 0.0790. The van der Waals surface area contributed by atoms with Crippen LogP contribution in [0.3, 0.4) is 0 Å². The molecule has 1 aliphatic heterocycles. The Labute approximate surface area is 221 Å². The van der Waals surface area contributed by atoms with E-state index in [-0.39, 0.29) is 31.5 Å². The monoisotopic (exact) mass is 516 g/mol. The number of carbonyl (C=O) groups is 4. The molecule has 1 amide bonds. The molecule has 0 saturated carbocycles. The normalized spacial score (nSPS) is 18.7. The van der Waals surface area contributed by atoms with Crippen molar-refractivity contribution >= 4 is 23.4 Å². The molecule has 0 radical (unpaired) electrons. The van der Waals surface area contributed by atoms with Crippen LogP contribution < -0.4 is 5.73 Å². The molecule has 1 fully saturated rings. The van der Waals surface area contributed by atoms with E-state index in [2.05, 4.69) is 12.1 Å². The van der Waals surface area contributed by atoms with Crippen LogP contribution in [0.1, 0.15) is 70.8 Å². The predicted octanol–water partition coefficient (Wildman–Crippen LogP) is 3.49. The van der Waals surface area contributed by atoms with Gasteiger partial charge in [-0.3, -0.25) is 14.4 Å². The Hall–Kier alpha value is -2.58. The number of benzene rings is 1. The number of esters is 1. The Morgan fingerprint density at radius 2 is 1.78 bits per heavy atom. The first-order valence-corrected chi connectivity index (χ1v) is 13.6. The molecule has 0 bridgehead atoms. The number of unbranched alkanes of at least 4 members (excludes halogenated alkanes) is 1. The molecule has 2 atom stereocenters. The molecule has 2 unspecified atom stereocenters. The van der Waals surface area contributed by atoms with Crippen LogP contribution in [0.5, 0.6) is 0 Å². The molecule has 1 aromatic carbocycles. The van der Waals surface area contributed by atoms with Gasteiger partial charge in [0.2, 0.25) is 11.7 Å². The molecule has 1 saturated heterocycles. The summed E-state index contributed by atoms with van der Waals surface area (Å²) in [6.07, 6.45) is 5.63. The third-order valence-corrected chi connectivity index (χ3v) is 7.56. The molecule has 0 aliphatic carbocycles. The Bertz CT molecular complexity index is 884. The summed E-state index contributed by atoms with van der Waals surface area (Å²) in [5, 5.41) is 0. The molecular weight excluding hydrogens is 472 g/mol. The summed E-state index contributed by atoms with van der Waals surface area (Å²) in [6.45, 7) is 4.31. The van der Waals surface area contributed by atoms with E-state index in [9.17, 15) is 19.2 Å². The quantitative estimate of drug-likeness (QED) is 0.215. The minimum atomic E-state index is -1.04. The lowest BCUT2D eigenvalue weighted by Gasteiger charge is -2.33. The predicted molar refractivity (Wildman–Crippen MR) is 142 cm³/mol. The maximum Gasteiger partial charge on any atom is 0.332 e. The summed E-state index contributed by atoms with van der Waals surface area (Å²) in [6, 6.07) is 9.71. The second kappa shape index (κ2) is 15.6. The van der Waals surface area contributed by atoms with Gasteiger partial charge in [-0.25, -0.2) is 4.79 Å². The summed E-state index contributed by atoms with van der Waals surface area (Å²) >= 11 is 0. The van der Waals surface area contributed by atoms with Crippen molar-refractivity contribution in [3.63, 3.8) is 0 Å². The highest BCUT2D eigenvalue weighted by molar-refractivity contribution is 6.39. The number of carbonyl (C=O) groups excluding carboxylic acids is 4. The molecular formula is C29H44N2O6. The van der Waals surface area contributed by atoms with E-state index in [0.29, 0.717) is 32.4 Å². The fourth-order valence-electron chi connectivity index (χ4n) is 4.99. The number of hydrogen-bond donors (Lipinski definition) is 1. The lowest BCUT2D eigenvalue weighted by molar-refractivity contribution is -0.157. The van der Waals surface area contributed by atoms with Gasteiger partial charge in [0.15, 0.2) is 5.78 Å². The van der Waals surface area contributed by atoms with Crippen molar-refractivity contribution in [2.24, 2.45) is 17.1 Å². The molecule has 206 valence electrons. The molecule has 2 rings (SSSR count). The van der Waals surface area contributed by atoms with Crippen LogP contribution in [-0.4, -0.2) is 67.8 Å². The maximum atomic E-state index is 13.3. The van der Waals surface area contributed by atoms with Crippen molar-refractivity contribution in [2.45, 2.75) is 77.7 Å². The maximum absolute atomic E-state index is 13.3. The van der Waals surface area contributed by atoms with E-state index < -0.39 is 29.0 Å². The van der Waals surface area contributed by atoms with E-state index in [0.717, 1.165) is 32.1 Å².